The smallest absolute Gasteiger partial charge is 0.337 e. The molecule has 0 N–H and O–H groups in total. The number of hydrogen-bond donors (Lipinski definition) is 0. The zero-order valence-corrected chi connectivity index (χ0v) is 24.0. The van der Waals surface area contributed by atoms with Crippen LogP contribution >= 0.6 is 43.6 Å². The highest BCUT2D eigenvalue weighted by atomic mass is 79.9. The number of thioether (sulfide) groups is 1. The second-order valence-corrected chi connectivity index (χ2v) is 10.7. The van der Waals surface area contributed by atoms with Crippen molar-refractivity contribution in [3.05, 3.63) is 101 Å². The monoisotopic (exact) mass is 659 g/mol. The molecule has 3 aromatic carbocycles. The average Bonchev–Trinajstić information content (AvgIpc) is 3.16. The summed E-state index contributed by atoms with van der Waals surface area (Å²) in [6, 6.07) is 16.4. The molecular formula is C26H19Br2N3O6S. The molecule has 9 nitrogen and oxygen atoms in total. The number of methoxy groups -OCH3 is 1. The minimum Gasteiger partial charge on any atom is -0.487 e. The number of esters is 1. The number of aliphatic imine (C=N–C) groups is 1. The summed E-state index contributed by atoms with van der Waals surface area (Å²) in [7, 11) is 2.97. The third kappa shape index (κ3) is 6.32. The standard InChI is InChI=1S/C26H19Br2N3O6S/c1-30-24(32)22(38-26(30)29-18-7-5-17(6-8-18)25(33)36-2)13-16-11-20(27)23(21(28)12-16)37-14-15-3-9-19(10-4-15)31(34)35/h3-13H,14H2,1-2H3. The first-order valence-corrected chi connectivity index (χ1v) is 13.4. The third-order valence-electron chi connectivity index (χ3n) is 5.37. The SMILES string of the molecule is COC(=O)c1ccc(N=C2SC(=Cc3cc(Br)c(OCc4ccc([N+](=O)[O-])cc4)c(Br)c3)C(=O)N2C)cc1. The van der Waals surface area contributed by atoms with Crippen molar-refractivity contribution in [1.82, 2.24) is 4.90 Å². The summed E-state index contributed by atoms with van der Waals surface area (Å²) in [6.45, 7) is 0.217. The molecular weight excluding hydrogens is 642 g/mol. The molecule has 1 aliphatic rings. The molecule has 4 rings (SSSR count). The Morgan fingerprint density at radius 3 is 2.32 bits per heavy atom. The highest BCUT2D eigenvalue weighted by molar-refractivity contribution is 9.11. The Bertz CT molecular complexity index is 1450. The molecule has 38 heavy (non-hydrogen) atoms. The molecule has 0 saturated carbocycles. The predicted molar refractivity (Wildman–Crippen MR) is 152 cm³/mol. The number of rotatable bonds is 7. The normalized spacial score (nSPS) is 15.3. The topological polar surface area (TPSA) is 111 Å². The van der Waals surface area contributed by atoms with Crippen molar-refractivity contribution in [2.75, 3.05) is 14.2 Å². The molecule has 0 bridgehead atoms. The van der Waals surface area contributed by atoms with E-state index in [0.717, 1.165) is 11.1 Å². The number of nitro benzene ring substituents is 1. The van der Waals surface area contributed by atoms with Crippen LogP contribution in [0.5, 0.6) is 5.75 Å². The van der Waals surface area contributed by atoms with Gasteiger partial charge in [-0.05, 0) is 109 Å². The Morgan fingerprint density at radius 1 is 1.11 bits per heavy atom. The molecule has 1 fully saturated rings. The summed E-state index contributed by atoms with van der Waals surface area (Å²) in [4.78, 5) is 41.4. The van der Waals surface area contributed by atoms with Gasteiger partial charge in [-0.2, -0.15) is 0 Å². The summed E-state index contributed by atoms with van der Waals surface area (Å²) in [5.41, 5.74) is 2.57. The van der Waals surface area contributed by atoms with E-state index in [9.17, 15) is 19.7 Å². The van der Waals surface area contributed by atoms with Gasteiger partial charge in [-0.15, -0.1) is 0 Å². The number of likely N-dealkylation sites (N-methyl/N-ethyl adjacent to an activating group) is 1. The van der Waals surface area contributed by atoms with Gasteiger partial charge in [0.2, 0.25) is 0 Å². The fraction of sp³-hybridized carbons (Fsp3) is 0.115. The quantitative estimate of drug-likeness (QED) is 0.120. The number of halogens is 2. The highest BCUT2D eigenvalue weighted by Gasteiger charge is 2.30. The average molecular weight is 661 g/mol. The van der Waals surface area contributed by atoms with E-state index in [0.29, 0.717) is 36.0 Å². The molecule has 1 aliphatic heterocycles. The predicted octanol–water partition coefficient (Wildman–Crippen LogP) is 6.72. The molecule has 0 radical (unpaired) electrons. The van der Waals surface area contributed by atoms with Crippen LogP contribution in [0.3, 0.4) is 0 Å². The van der Waals surface area contributed by atoms with Gasteiger partial charge in [-0.1, -0.05) is 0 Å². The van der Waals surface area contributed by atoms with Crippen molar-refractivity contribution in [3.8, 4) is 5.75 Å². The number of non-ortho nitro benzene ring substituents is 1. The Balaban J connectivity index is 1.49. The van der Waals surface area contributed by atoms with E-state index in [1.54, 1.807) is 49.5 Å². The van der Waals surface area contributed by atoms with E-state index in [1.165, 1.54) is 35.9 Å². The van der Waals surface area contributed by atoms with Crippen LogP contribution < -0.4 is 4.74 Å². The van der Waals surface area contributed by atoms with Crippen molar-refractivity contribution in [1.29, 1.82) is 0 Å². The lowest BCUT2D eigenvalue weighted by Gasteiger charge is -2.11. The summed E-state index contributed by atoms with van der Waals surface area (Å²) in [5, 5.41) is 11.3. The van der Waals surface area contributed by atoms with Gasteiger partial charge in [-0.25, -0.2) is 9.79 Å². The number of benzene rings is 3. The number of nitrogens with zero attached hydrogens (tertiary/aromatic N) is 3. The van der Waals surface area contributed by atoms with E-state index >= 15 is 0 Å². The molecule has 12 heteroatoms. The first-order chi connectivity index (χ1) is 18.2. The van der Waals surface area contributed by atoms with Crippen molar-refractivity contribution >= 4 is 78.1 Å². The van der Waals surface area contributed by atoms with Crippen LogP contribution in [0.15, 0.2) is 79.5 Å². The number of ether oxygens (including phenoxy) is 2. The summed E-state index contributed by atoms with van der Waals surface area (Å²) in [6.07, 6.45) is 1.77. The number of nitro groups is 1. The van der Waals surface area contributed by atoms with E-state index in [2.05, 4.69) is 36.9 Å². The highest BCUT2D eigenvalue weighted by Crippen LogP contribution is 2.38. The van der Waals surface area contributed by atoms with Gasteiger partial charge in [0.25, 0.3) is 11.6 Å². The van der Waals surface area contributed by atoms with Crippen LogP contribution in [0.4, 0.5) is 11.4 Å². The third-order valence-corrected chi connectivity index (χ3v) is 7.60. The first kappa shape index (κ1) is 27.6. The Kier molecular flexibility index (Phi) is 8.65. The lowest BCUT2D eigenvalue weighted by Crippen LogP contribution is -2.23. The fourth-order valence-corrected chi connectivity index (χ4v) is 5.81. The van der Waals surface area contributed by atoms with Gasteiger partial charge in [0.15, 0.2) is 5.17 Å². The lowest BCUT2D eigenvalue weighted by atomic mass is 10.2. The van der Waals surface area contributed by atoms with Gasteiger partial charge in [0, 0.05) is 19.2 Å². The molecule has 194 valence electrons. The second-order valence-electron chi connectivity index (χ2n) is 7.93. The Morgan fingerprint density at radius 2 is 1.74 bits per heavy atom. The zero-order chi connectivity index (χ0) is 27.4. The van der Waals surface area contributed by atoms with Crippen LogP contribution in [-0.2, 0) is 16.1 Å². The maximum atomic E-state index is 12.9. The molecule has 0 unspecified atom stereocenters. The van der Waals surface area contributed by atoms with E-state index < -0.39 is 10.9 Å². The van der Waals surface area contributed by atoms with Crippen LogP contribution in [0.1, 0.15) is 21.5 Å². The van der Waals surface area contributed by atoms with E-state index in [4.69, 9.17) is 9.47 Å². The number of amidine groups is 1. The number of hydrogen-bond acceptors (Lipinski definition) is 8. The molecule has 1 saturated heterocycles. The van der Waals surface area contributed by atoms with E-state index in [-0.39, 0.29) is 18.2 Å². The molecule has 0 aromatic heterocycles. The minimum atomic E-state index is -0.450. The van der Waals surface area contributed by atoms with Gasteiger partial charge in [0.1, 0.15) is 12.4 Å². The second kappa shape index (κ2) is 11.9. The molecule has 0 spiro atoms. The molecule has 0 aliphatic carbocycles. The summed E-state index contributed by atoms with van der Waals surface area (Å²) in [5.74, 6) is -0.0617. The Labute approximate surface area is 238 Å². The van der Waals surface area contributed by atoms with Crippen molar-refractivity contribution < 1.29 is 24.0 Å². The molecule has 1 amide bonds. The van der Waals surface area contributed by atoms with Crippen LogP contribution in [0.2, 0.25) is 0 Å². The summed E-state index contributed by atoms with van der Waals surface area (Å²) < 4.78 is 12.0. The number of carbonyl (C=O) groups is 2. The van der Waals surface area contributed by atoms with Gasteiger partial charge in [0.05, 0.1) is 37.1 Å². The van der Waals surface area contributed by atoms with Crippen molar-refractivity contribution in [2.45, 2.75) is 6.61 Å². The van der Waals surface area contributed by atoms with Crippen molar-refractivity contribution in [3.63, 3.8) is 0 Å². The largest absolute Gasteiger partial charge is 0.487 e. The van der Waals surface area contributed by atoms with Crippen molar-refractivity contribution in [2.24, 2.45) is 4.99 Å². The number of carbonyl (C=O) groups excluding carboxylic acids is 2. The maximum absolute atomic E-state index is 12.9. The van der Waals surface area contributed by atoms with Gasteiger partial charge in [-0.3, -0.25) is 19.8 Å². The summed E-state index contributed by atoms with van der Waals surface area (Å²) >= 11 is 8.29. The fourth-order valence-electron chi connectivity index (χ4n) is 3.37. The zero-order valence-electron chi connectivity index (χ0n) is 20.0. The first-order valence-electron chi connectivity index (χ1n) is 11.0. The van der Waals surface area contributed by atoms with Crippen LogP contribution in [0.25, 0.3) is 6.08 Å². The van der Waals surface area contributed by atoms with Gasteiger partial charge >= 0.3 is 5.97 Å². The van der Waals surface area contributed by atoms with E-state index in [1.807, 2.05) is 12.1 Å². The maximum Gasteiger partial charge on any atom is 0.337 e. The van der Waals surface area contributed by atoms with Crippen LogP contribution in [-0.4, -0.2) is 41.0 Å². The minimum absolute atomic E-state index is 0.0168. The van der Waals surface area contributed by atoms with Crippen LogP contribution in [0, 0.1) is 10.1 Å². The molecule has 0 atom stereocenters. The number of amides is 1. The Hall–Kier alpha value is -3.48. The molecule has 1 heterocycles. The lowest BCUT2D eigenvalue weighted by molar-refractivity contribution is -0.384. The molecule has 3 aromatic rings. The van der Waals surface area contributed by atoms with Gasteiger partial charge < -0.3 is 9.47 Å².